The van der Waals surface area contributed by atoms with Gasteiger partial charge in [0.05, 0.1) is 5.69 Å². The number of nitrogens with zero attached hydrogens (tertiary/aromatic N) is 2. The largest absolute Gasteiger partial charge is 0.482 e. The van der Waals surface area contributed by atoms with Gasteiger partial charge in [-0.3, -0.25) is 14.5 Å². The van der Waals surface area contributed by atoms with Crippen molar-refractivity contribution in [1.82, 2.24) is 5.32 Å². The number of rotatable bonds is 5. The Labute approximate surface area is 147 Å². The topological polar surface area (TPSA) is 61.9 Å². The molecule has 1 heterocycles. The van der Waals surface area contributed by atoms with Crippen molar-refractivity contribution in [3.8, 4) is 5.75 Å². The molecule has 3 rings (SSSR count). The zero-order valence-corrected chi connectivity index (χ0v) is 14.4. The Balaban J connectivity index is 1.60. The Morgan fingerprint density at radius 1 is 1.16 bits per heavy atom. The van der Waals surface area contributed by atoms with Crippen LogP contribution in [-0.2, 0) is 16.1 Å². The maximum atomic E-state index is 12.3. The molecule has 0 unspecified atom stereocenters. The van der Waals surface area contributed by atoms with Gasteiger partial charge in [0.2, 0.25) is 5.91 Å². The van der Waals surface area contributed by atoms with Crippen molar-refractivity contribution < 1.29 is 14.3 Å². The third-order valence-corrected chi connectivity index (χ3v) is 4.05. The molecule has 2 aromatic rings. The highest BCUT2D eigenvalue weighted by molar-refractivity contribution is 6.02. The number of hydrogen-bond donors (Lipinski definition) is 1. The van der Waals surface area contributed by atoms with Gasteiger partial charge < -0.3 is 15.0 Å². The standard InChI is InChI=1S/C19H21N3O3/c1-21(2)15-9-7-14(8-10-15)11-20-18(23)12-22-16-5-3-4-6-17(16)25-13-19(22)24/h3-10H,11-13H2,1-2H3,(H,20,23). The Morgan fingerprint density at radius 2 is 1.88 bits per heavy atom. The van der Waals surface area contributed by atoms with E-state index in [1.165, 1.54) is 4.90 Å². The number of fused-ring (bicyclic) bond motifs is 1. The van der Waals surface area contributed by atoms with Crippen molar-refractivity contribution in [2.24, 2.45) is 0 Å². The molecule has 6 nitrogen and oxygen atoms in total. The molecule has 0 bridgehead atoms. The molecule has 6 heteroatoms. The van der Waals surface area contributed by atoms with Crippen LogP contribution in [0.1, 0.15) is 5.56 Å². The highest BCUT2D eigenvalue weighted by Gasteiger charge is 2.26. The number of benzene rings is 2. The summed E-state index contributed by atoms with van der Waals surface area (Å²) in [6.45, 7) is 0.359. The van der Waals surface area contributed by atoms with Crippen LogP contribution in [0.3, 0.4) is 0 Å². The van der Waals surface area contributed by atoms with Crippen molar-refractivity contribution >= 4 is 23.2 Å². The van der Waals surface area contributed by atoms with Crippen molar-refractivity contribution in [3.05, 3.63) is 54.1 Å². The summed E-state index contributed by atoms with van der Waals surface area (Å²) in [5.41, 5.74) is 2.74. The first-order chi connectivity index (χ1) is 12.0. The average molecular weight is 339 g/mol. The number of ether oxygens (including phenoxy) is 1. The molecular formula is C19H21N3O3. The van der Waals surface area contributed by atoms with Gasteiger partial charge in [-0.2, -0.15) is 0 Å². The van der Waals surface area contributed by atoms with E-state index in [1.807, 2.05) is 55.4 Å². The first-order valence-corrected chi connectivity index (χ1v) is 8.10. The summed E-state index contributed by atoms with van der Waals surface area (Å²) in [4.78, 5) is 27.8. The van der Waals surface area contributed by atoms with Crippen molar-refractivity contribution in [2.75, 3.05) is 37.0 Å². The summed E-state index contributed by atoms with van der Waals surface area (Å²) in [6, 6.07) is 15.2. The Kier molecular flexibility index (Phi) is 4.88. The van der Waals surface area contributed by atoms with Crippen molar-refractivity contribution in [2.45, 2.75) is 6.54 Å². The summed E-state index contributed by atoms with van der Waals surface area (Å²) in [5, 5.41) is 2.86. The monoisotopic (exact) mass is 339 g/mol. The lowest BCUT2D eigenvalue weighted by Gasteiger charge is -2.28. The number of hydrogen-bond acceptors (Lipinski definition) is 4. The summed E-state index contributed by atoms with van der Waals surface area (Å²) in [7, 11) is 3.96. The van der Waals surface area contributed by atoms with Crippen molar-refractivity contribution in [1.29, 1.82) is 0 Å². The van der Waals surface area contributed by atoms with E-state index in [1.54, 1.807) is 12.1 Å². The summed E-state index contributed by atoms with van der Waals surface area (Å²) < 4.78 is 5.38. The van der Waals surface area contributed by atoms with Crippen LogP contribution >= 0.6 is 0 Å². The second-order valence-electron chi connectivity index (χ2n) is 6.07. The molecule has 0 saturated carbocycles. The number of anilines is 2. The van der Waals surface area contributed by atoms with E-state index in [2.05, 4.69) is 5.32 Å². The Morgan fingerprint density at radius 3 is 2.60 bits per heavy atom. The molecule has 0 radical (unpaired) electrons. The van der Waals surface area contributed by atoms with Crippen LogP contribution in [0.15, 0.2) is 48.5 Å². The van der Waals surface area contributed by atoms with Crippen LogP contribution in [-0.4, -0.2) is 39.1 Å². The molecule has 25 heavy (non-hydrogen) atoms. The summed E-state index contributed by atoms with van der Waals surface area (Å²) in [5.74, 6) is 0.195. The van der Waals surface area contributed by atoms with Crippen LogP contribution < -0.4 is 19.9 Å². The lowest BCUT2D eigenvalue weighted by atomic mass is 10.2. The van der Waals surface area contributed by atoms with Gasteiger partial charge in [-0.25, -0.2) is 0 Å². The molecule has 1 aliphatic heterocycles. The van der Waals surface area contributed by atoms with Crippen LogP contribution in [0, 0.1) is 0 Å². The molecule has 2 amide bonds. The molecule has 0 spiro atoms. The predicted octanol–water partition coefficient (Wildman–Crippen LogP) is 1.79. The molecule has 1 aliphatic rings. The zero-order chi connectivity index (χ0) is 17.8. The lowest BCUT2D eigenvalue weighted by molar-refractivity contribution is -0.125. The number of para-hydroxylation sites is 2. The normalized spacial score (nSPS) is 13.0. The van der Waals surface area contributed by atoms with Gasteiger partial charge in [-0.15, -0.1) is 0 Å². The molecule has 0 aliphatic carbocycles. The molecule has 130 valence electrons. The van der Waals surface area contributed by atoms with E-state index in [-0.39, 0.29) is 25.0 Å². The van der Waals surface area contributed by atoms with Crippen LogP contribution in [0.2, 0.25) is 0 Å². The highest BCUT2D eigenvalue weighted by atomic mass is 16.5. The fourth-order valence-electron chi connectivity index (χ4n) is 2.64. The smallest absolute Gasteiger partial charge is 0.265 e. The predicted molar refractivity (Wildman–Crippen MR) is 96.9 cm³/mol. The van der Waals surface area contributed by atoms with Crippen molar-refractivity contribution in [3.63, 3.8) is 0 Å². The minimum absolute atomic E-state index is 0.0189. The van der Waals surface area contributed by atoms with Gasteiger partial charge in [0.1, 0.15) is 12.3 Å². The molecular weight excluding hydrogens is 318 g/mol. The first-order valence-electron chi connectivity index (χ1n) is 8.10. The van der Waals surface area contributed by atoms with E-state index < -0.39 is 0 Å². The first kappa shape index (κ1) is 16.8. The third kappa shape index (κ3) is 3.91. The van der Waals surface area contributed by atoms with Gasteiger partial charge in [0.25, 0.3) is 5.91 Å². The average Bonchev–Trinajstić information content (AvgIpc) is 2.63. The van der Waals surface area contributed by atoms with Gasteiger partial charge in [0.15, 0.2) is 6.61 Å². The second-order valence-corrected chi connectivity index (χ2v) is 6.07. The fraction of sp³-hybridized carbons (Fsp3) is 0.263. The second kappa shape index (κ2) is 7.25. The minimum Gasteiger partial charge on any atom is -0.482 e. The maximum Gasteiger partial charge on any atom is 0.265 e. The van der Waals surface area contributed by atoms with E-state index in [0.717, 1.165) is 11.3 Å². The van der Waals surface area contributed by atoms with Gasteiger partial charge in [-0.1, -0.05) is 24.3 Å². The van der Waals surface area contributed by atoms with Gasteiger partial charge in [-0.05, 0) is 29.8 Å². The lowest BCUT2D eigenvalue weighted by Crippen LogP contribution is -2.45. The molecule has 0 atom stereocenters. The molecule has 0 fully saturated rings. The van der Waals surface area contributed by atoms with Crippen LogP contribution in [0.25, 0.3) is 0 Å². The summed E-state index contributed by atoms with van der Waals surface area (Å²) >= 11 is 0. The molecule has 2 aromatic carbocycles. The fourth-order valence-corrected chi connectivity index (χ4v) is 2.64. The van der Waals surface area contributed by atoms with Crippen LogP contribution in [0.4, 0.5) is 11.4 Å². The number of amides is 2. The van der Waals surface area contributed by atoms with E-state index in [9.17, 15) is 9.59 Å². The Bertz CT molecular complexity index is 772. The Hall–Kier alpha value is -3.02. The third-order valence-electron chi connectivity index (χ3n) is 4.05. The SMILES string of the molecule is CN(C)c1ccc(CNC(=O)CN2C(=O)COc3ccccc32)cc1. The van der Waals surface area contributed by atoms with E-state index in [4.69, 9.17) is 4.74 Å². The molecule has 1 N–H and O–H groups in total. The zero-order valence-electron chi connectivity index (χ0n) is 14.4. The maximum absolute atomic E-state index is 12.3. The number of carbonyl (C=O) groups is 2. The van der Waals surface area contributed by atoms with E-state index in [0.29, 0.717) is 18.0 Å². The van der Waals surface area contributed by atoms with Gasteiger partial charge in [0, 0.05) is 26.3 Å². The quantitative estimate of drug-likeness (QED) is 0.902. The van der Waals surface area contributed by atoms with Gasteiger partial charge >= 0.3 is 0 Å². The minimum atomic E-state index is -0.218. The molecule has 0 saturated heterocycles. The molecule has 0 aromatic heterocycles. The number of nitrogens with one attached hydrogen (secondary N) is 1. The summed E-state index contributed by atoms with van der Waals surface area (Å²) in [6.07, 6.45) is 0. The highest BCUT2D eigenvalue weighted by Crippen LogP contribution is 2.31. The van der Waals surface area contributed by atoms with Crippen LogP contribution in [0.5, 0.6) is 5.75 Å². The number of carbonyl (C=O) groups excluding carboxylic acids is 2. The van der Waals surface area contributed by atoms with E-state index >= 15 is 0 Å².